The van der Waals surface area contributed by atoms with E-state index in [0.717, 1.165) is 18.4 Å². The van der Waals surface area contributed by atoms with Crippen LogP contribution in [0.5, 0.6) is 29.0 Å². The van der Waals surface area contributed by atoms with Crippen LogP contribution in [0.25, 0.3) is 6.08 Å². The molecular formula is C22H27N3O6. The molecule has 31 heavy (non-hydrogen) atoms. The van der Waals surface area contributed by atoms with Crippen molar-refractivity contribution in [2.24, 2.45) is 0 Å². The fourth-order valence-electron chi connectivity index (χ4n) is 3.36. The second-order valence-electron chi connectivity index (χ2n) is 6.86. The van der Waals surface area contributed by atoms with Crippen LogP contribution in [0.4, 0.5) is 0 Å². The molecule has 3 rings (SSSR count). The Balaban J connectivity index is 1.66. The monoisotopic (exact) mass is 429 g/mol. The maximum absolute atomic E-state index is 12.8. The van der Waals surface area contributed by atoms with Crippen molar-refractivity contribution in [2.75, 3.05) is 41.5 Å². The normalized spacial score (nSPS) is 16.1. The first-order valence-corrected chi connectivity index (χ1v) is 9.87. The topological polar surface area (TPSA) is 92.2 Å². The fraction of sp³-hybridized carbons (Fsp3) is 0.409. The molecule has 1 aliphatic heterocycles. The summed E-state index contributed by atoms with van der Waals surface area (Å²) in [7, 11) is 6.17. The molecule has 1 aromatic carbocycles. The number of benzene rings is 1. The molecule has 166 valence electrons. The number of hydrogen-bond acceptors (Lipinski definition) is 8. The van der Waals surface area contributed by atoms with Crippen molar-refractivity contribution in [3.63, 3.8) is 0 Å². The molecule has 9 heteroatoms. The molecule has 1 atom stereocenters. The predicted octanol–water partition coefficient (Wildman–Crippen LogP) is 2.59. The lowest BCUT2D eigenvalue weighted by molar-refractivity contribution is -0.128. The quantitative estimate of drug-likeness (QED) is 0.592. The average molecular weight is 429 g/mol. The third kappa shape index (κ3) is 5.56. The highest BCUT2D eigenvalue weighted by molar-refractivity contribution is 5.92. The molecule has 0 aliphatic carbocycles. The molecular weight excluding hydrogens is 402 g/mol. The summed E-state index contributed by atoms with van der Waals surface area (Å²) in [6, 6.07) is 3.57. The highest BCUT2D eigenvalue weighted by Crippen LogP contribution is 2.38. The summed E-state index contributed by atoms with van der Waals surface area (Å²) in [4.78, 5) is 22.8. The summed E-state index contributed by atoms with van der Waals surface area (Å²) in [5, 5.41) is 0. The molecule has 0 radical (unpaired) electrons. The second-order valence-corrected chi connectivity index (χ2v) is 6.86. The van der Waals surface area contributed by atoms with E-state index >= 15 is 0 Å². The maximum atomic E-state index is 12.8. The van der Waals surface area contributed by atoms with Crippen LogP contribution in [-0.2, 0) is 4.79 Å². The minimum absolute atomic E-state index is 0.0984. The van der Waals surface area contributed by atoms with E-state index in [-0.39, 0.29) is 12.0 Å². The van der Waals surface area contributed by atoms with E-state index in [0.29, 0.717) is 42.1 Å². The van der Waals surface area contributed by atoms with Crippen molar-refractivity contribution in [1.82, 2.24) is 14.9 Å². The Labute approximate surface area is 181 Å². The van der Waals surface area contributed by atoms with Gasteiger partial charge in [-0.05, 0) is 36.6 Å². The molecule has 1 unspecified atom stereocenters. The number of methoxy groups -OCH3 is 4. The molecule has 0 saturated carbocycles. The smallest absolute Gasteiger partial charge is 0.246 e. The number of nitrogens with zero attached hydrogens (tertiary/aromatic N) is 3. The lowest BCUT2D eigenvalue weighted by atomic mass is 10.1. The van der Waals surface area contributed by atoms with Gasteiger partial charge in [0, 0.05) is 12.6 Å². The zero-order valence-electron chi connectivity index (χ0n) is 18.2. The molecule has 0 N–H and O–H groups in total. The Morgan fingerprint density at radius 1 is 1.03 bits per heavy atom. The zero-order chi connectivity index (χ0) is 22.2. The number of carbonyl (C=O) groups is 1. The van der Waals surface area contributed by atoms with Gasteiger partial charge in [-0.3, -0.25) is 9.78 Å². The molecule has 1 saturated heterocycles. The van der Waals surface area contributed by atoms with Gasteiger partial charge in [0.2, 0.25) is 23.4 Å². The number of piperidine rings is 1. The van der Waals surface area contributed by atoms with Gasteiger partial charge in [0.15, 0.2) is 11.5 Å². The first-order valence-electron chi connectivity index (χ1n) is 9.87. The Bertz CT molecular complexity index is 908. The first-order chi connectivity index (χ1) is 15.1. The molecule has 0 bridgehead atoms. The van der Waals surface area contributed by atoms with E-state index in [1.807, 2.05) is 0 Å². The average Bonchev–Trinajstić information content (AvgIpc) is 2.81. The standard InChI is InChI=1S/C22H27N3O6/c1-27-17-10-15(11-18(28-2)22(17)30-4)7-8-21(26)25-9-5-6-16(14-25)31-20-13-23-12-19(24-20)29-3/h7-8,10-13,16H,5-6,9,14H2,1-4H3/b8-7+. The van der Waals surface area contributed by atoms with Gasteiger partial charge in [-0.25, -0.2) is 0 Å². The van der Waals surface area contributed by atoms with Crippen LogP contribution in [0.2, 0.25) is 0 Å². The van der Waals surface area contributed by atoms with Crippen LogP contribution in [0.1, 0.15) is 18.4 Å². The van der Waals surface area contributed by atoms with E-state index in [2.05, 4.69) is 9.97 Å². The maximum Gasteiger partial charge on any atom is 0.246 e. The summed E-state index contributed by atoms with van der Waals surface area (Å²) < 4.78 is 27.0. The van der Waals surface area contributed by atoms with Gasteiger partial charge < -0.3 is 28.6 Å². The summed E-state index contributed by atoms with van der Waals surface area (Å²) in [5.41, 5.74) is 0.763. The van der Waals surface area contributed by atoms with Crippen molar-refractivity contribution >= 4 is 12.0 Å². The highest BCUT2D eigenvalue weighted by atomic mass is 16.5. The predicted molar refractivity (Wildman–Crippen MR) is 114 cm³/mol. The lowest BCUT2D eigenvalue weighted by Crippen LogP contribution is -2.43. The zero-order valence-corrected chi connectivity index (χ0v) is 18.2. The SMILES string of the molecule is COc1cncc(OC2CCCN(C(=O)/C=C/c3cc(OC)c(OC)c(OC)c3)C2)n1. The number of likely N-dealkylation sites (tertiary alicyclic amines) is 1. The van der Waals surface area contributed by atoms with Crippen molar-refractivity contribution in [3.05, 3.63) is 36.2 Å². The third-order valence-electron chi connectivity index (χ3n) is 4.88. The summed E-state index contributed by atoms with van der Waals surface area (Å²) in [5.74, 6) is 2.23. The Morgan fingerprint density at radius 3 is 2.39 bits per heavy atom. The summed E-state index contributed by atoms with van der Waals surface area (Å²) in [6.45, 7) is 1.14. The molecule has 2 aromatic rings. The molecule has 1 aromatic heterocycles. The molecule has 2 heterocycles. The van der Waals surface area contributed by atoms with Crippen molar-refractivity contribution in [1.29, 1.82) is 0 Å². The molecule has 1 aliphatic rings. The van der Waals surface area contributed by atoms with Crippen molar-refractivity contribution in [2.45, 2.75) is 18.9 Å². The number of ether oxygens (including phenoxy) is 5. The van der Waals surface area contributed by atoms with Crippen LogP contribution in [0, 0.1) is 0 Å². The number of carbonyl (C=O) groups excluding carboxylic acids is 1. The molecule has 1 fully saturated rings. The van der Waals surface area contributed by atoms with Crippen molar-refractivity contribution in [3.8, 4) is 29.0 Å². The van der Waals surface area contributed by atoms with Crippen LogP contribution >= 0.6 is 0 Å². The Kier molecular flexibility index (Phi) is 7.53. The van der Waals surface area contributed by atoms with Crippen molar-refractivity contribution < 1.29 is 28.5 Å². The number of aromatic nitrogens is 2. The molecule has 0 spiro atoms. The van der Waals surface area contributed by atoms with Gasteiger partial charge in [0.1, 0.15) is 6.10 Å². The second kappa shape index (κ2) is 10.5. The largest absolute Gasteiger partial charge is 0.493 e. The molecule has 1 amide bonds. The van der Waals surface area contributed by atoms with Gasteiger partial charge in [0.25, 0.3) is 0 Å². The summed E-state index contributed by atoms with van der Waals surface area (Å²) >= 11 is 0. The van der Waals surface area contributed by atoms with Gasteiger partial charge in [0.05, 0.1) is 47.4 Å². The van der Waals surface area contributed by atoms with Crippen LogP contribution in [0.3, 0.4) is 0 Å². The fourth-order valence-corrected chi connectivity index (χ4v) is 3.36. The first kappa shape index (κ1) is 22.2. The van der Waals surface area contributed by atoms with Gasteiger partial charge in [-0.15, -0.1) is 0 Å². The third-order valence-corrected chi connectivity index (χ3v) is 4.88. The van der Waals surface area contributed by atoms with E-state index in [1.165, 1.54) is 25.6 Å². The van der Waals surface area contributed by atoms with Crippen LogP contribution in [-0.4, -0.2) is 68.4 Å². The molecule has 9 nitrogen and oxygen atoms in total. The van der Waals surface area contributed by atoms with Gasteiger partial charge >= 0.3 is 0 Å². The van der Waals surface area contributed by atoms with Crippen LogP contribution in [0.15, 0.2) is 30.6 Å². The van der Waals surface area contributed by atoms with Gasteiger partial charge in [-0.2, -0.15) is 4.98 Å². The van der Waals surface area contributed by atoms with Gasteiger partial charge in [-0.1, -0.05) is 0 Å². The highest BCUT2D eigenvalue weighted by Gasteiger charge is 2.24. The lowest BCUT2D eigenvalue weighted by Gasteiger charge is -2.31. The van der Waals surface area contributed by atoms with E-state index in [9.17, 15) is 4.79 Å². The van der Waals surface area contributed by atoms with E-state index < -0.39 is 0 Å². The number of amides is 1. The number of hydrogen-bond donors (Lipinski definition) is 0. The number of rotatable bonds is 8. The summed E-state index contributed by atoms with van der Waals surface area (Å²) in [6.07, 6.45) is 7.82. The van der Waals surface area contributed by atoms with E-state index in [1.54, 1.807) is 44.4 Å². The minimum Gasteiger partial charge on any atom is -0.493 e. The van der Waals surface area contributed by atoms with Crippen LogP contribution < -0.4 is 23.7 Å². The minimum atomic E-state index is -0.159. The van der Waals surface area contributed by atoms with E-state index in [4.69, 9.17) is 23.7 Å². The Morgan fingerprint density at radius 2 is 1.74 bits per heavy atom. The Hall–Kier alpha value is -3.49.